The molecule has 0 spiro atoms. The van der Waals surface area contributed by atoms with Crippen molar-refractivity contribution in [1.82, 2.24) is 0 Å². The van der Waals surface area contributed by atoms with Crippen molar-refractivity contribution >= 4 is 5.69 Å². The van der Waals surface area contributed by atoms with E-state index in [1.807, 2.05) is 0 Å². The highest BCUT2D eigenvalue weighted by Crippen LogP contribution is 2.42. The fraction of sp³-hybridized carbons (Fsp3) is 0.400. The fourth-order valence-electron chi connectivity index (χ4n) is 1.53. The van der Waals surface area contributed by atoms with E-state index in [2.05, 4.69) is 0 Å². The molecule has 0 bridgehead atoms. The number of epoxide rings is 1. The molecule has 1 aromatic rings. The van der Waals surface area contributed by atoms with Gasteiger partial charge in [-0.1, -0.05) is 0 Å². The van der Waals surface area contributed by atoms with Gasteiger partial charge in [0.1, 0.15) is 6.10 Å². The van der Waals surface area contributed by atoms with Gasteiger partial charge in [-0.15, -0.1) is 0 Å². The van der Waals surface area contributed by atoms with Crippen LogP contribution >= 0.6 is 0 Å². The van der Waals surface area contributed by atoms with Crippen molar-refractivity contribution in [3.05, 3.63) is 27.8 Å². The Morgan fingerprint density at radius 1 is 1.44 bits per heavy atom. The van der Waals surface area contributed by atoms with Crippen LogP contribution in [0.15, 0.2) is 12.1 Å². The molecule has 1 saturated heterocycles. The van der Waals surface area contributed by atoms with Gasteiger partial charge < -0.3 is 14.2 Å². The molecule has 6 nitrogen and oxygen atoms in total. The number of nitrogens with zero attached hydrogens (tertiary/aromatic N) is 1. The zero-order valence-corrected chi connectivity index (χ0v) is 8.93. The largest absolute Gasteiger partial charge is 0.493 e. The van der Waals surface area contributed by atoms with Crippen LogP contribution in [0.25, 0.3) is 0 Å². The molecule has 1 atom stereocenters. The van der Waals surface area contributed by atoms with E-state index in [1.165, 1.54) is 20.3 Å². The molecule has 2 rings (SSSR count). The summed E-state index contributed by atoms with van der Waals surface area (Å²) in [6, 6.07) is 3.16. The van der Waals surface area contributed by atoms with Crippen LogP contribution in [-0.4, -0.2) is 25.7 Å². The van der Waals surface area contributed by atoms with Gasteiger partial charge in [-0.2, -0.15) is 0 Å². The number of ether oxygens (including phenoxy) is 3. The lowest BCUT2D eigenvalue weighted by atomic mass is 10.1. The molecule has 6 heteroatoms. The van der Waals surface area contributed by atoms with Crippen molar-refractivity contribution in [2.45, 2.75) is 6.10 Å². The maximum Gasteiger partial charge on any atom is 0.315 e. The predicted molar refractivity (Wildman–Crippen MR) is 54.9 cm³/mol. The Balaban J connectivity index is 2.54. The second-order valence-electron chi connectivity index (χ2n) is 3.35. The molecule has 1 aromatic carbocycles. The highest BCUT2D eigenvalue weighted by Gasteiger charge is 2.30. The van der Waals surface area contributed by atoms with Crippen LogP contribution < -0.4 is 9.47 Å². The summed E-state index contributed by atoms with van der Waals surface area (Å²) in [5.74, 6) is 0.485. The second kappa shape index (κ2) is 3.97. The van der Waals surface area contributed by atoms with Gasteiger partial charge in [-0.3, -0.25) is 10.1 Å². The van der Waals surface area contributed by atoms with Gasteiger partial charge in [0.15, 0.2) is 5.75 Å². The van der Waals surface area contributed by atoms with E-state index < -0.39 is 4.92 Å². The summed E-state index contributed by atoms with van der Waals surface area (Å²) in [4.78, 5) is 10.4. The SMILES string of the molecule is COc1cc(C2CO2)cc([N+](=O)[O-])c1OC. The van der Waals surface area contributed by atoms with E-state index in [9.17, 15) is 10.1 Å². The molecule has 0 aromatic heterocycles. The van der Waals surface area contributed by atoms with Crippen molar-refractivity contribution in [2.75, 3.05) is 20.8 Å². The van der Waals surface area contributed by atoms with Crippen LogP contribution in [0.3, 0.4) is 0 Å². The quantitative estimate of drug-likeness (QED) is 0.442. The molecule has 1 aliphatic heterocycles. The average Bonchev–Trinajstić information content (AvgIpc) is 3.10. The van der Waals surface area contributed by atoms with Crippen molar-refractivity contribution in [1.29, 1.82) is 0 Å². The Bertz CT molecular complexity index is 427. The molecule has 0 N–H and O–H groups in total. The zero-order valence-electron chi connectivity index (χ0n) is 8.93. The first-order valence-corrected chi connectivity index (χ1v) is 4.69. The highest BCUT2D eigenvalue weighted by atomic mass is 16.6. The molecular formula is C10H11NO5. The second-order valence-corrected chi connectivity index (χ2v) is 3.35. The Morgan fingerprint density at radius 3 is 2.56 bits per heavy atom. The Hall–Kier alpha value is -1.82. The third-order valence-electron chi connectivity index (χ3n) is 2.38. The maximum absolute atomic E-state index is 10.9. The van der Waals surface area contributed by atoms with Gasteiger partial charge in [0.25, 0.3) is 0 Å². The summed E-state index contributed by atoms with van der Waals surface area (Å²) in [6.45, 7) is 0.590. The van der Waals surface area contributed by atoms with E-state index in [-0.39, 0.29) is 17.5 Å². The van der Waals surface area contributed by atoms with Crippen LogP contribution in [0, 0.1) is 10.1 Å². The average molecular weight is 225 g/mol. The van der Waals surface area contributed by atoms with Crippen LogP contribution in [-0.2, 0) is 4.74 Å². The topological polar surface area (TPSA) is 74.1 Å². The third kappa shape index (κ3) is 1.79. The first-order chi connectivity index (χ1) is 7.67. The predicted octanol–water partition coefficient (Wildman–Crippen LogP) is 1.68. The number of hydrogen-bond donors (Lipinski definition) is 0. The molecule has 1 heterocycles. The lowest BCUT2D eigenvalue weighted by Crippen LogP contribution is -1.98. The van der Waals surface area contributed by atoms with E-state index in [0.29, 0.717) is 12.4 Å². The Labute approximate surface area is 91.9 Å². The van der Waals surface area contributed by atoms with Gasteiger partial charge in [0, 0.05) is 6.07 Å². The standard InChI is InChI=1S/C10H11NO5/c1-14-8-4-6(9-5-16-9)3-7(11(12)13)10(8)15-2/h3-4,9H,5H2,1-2H3. The van der Waals surface area contributed by atoms with Crippen LogP contribution in [0.5, 0.6) is 11.5 Å². The van der Waals surface area contributed by atoms with E-state index in [4.69, 9.17) is 14.2 Å². The molecule has 0 saturated carbocycles. The smallest absolute Gasteiger partial charge is 0.315 e. The first-order valence-electron chi connectivity index (χ1n) is 4.69. The van der Waals surface area contributed by atoms with Gasteiger partial charge in [-0.05, 0) is 11.6 Å². The minimum Gasteiger partial charge on any atom is -0.493 e. The summed E-state index contributed by atoms with van der Waals surface area (Å²) in [5, 5.41) is 10.9. The summed E-state index contributed by atoms with van der Waals surface area (Å²) < 4.78 is 15.1. The minimum atomic E-state index is -0.493. The van der Waals surface area contributed by atoms with Crippen LogP contribution in [0.1, 0.15) is 11.7 Å². The van der Waals surface area contributed by atoms with E-state index >= 15 is 0 Å². The van der Waals surface area contributed by atoms with E-state index in [0.717, 1.165) is 5.56 Å². The number of nitro groups is 1. The molecule has 0 amide bonds. The van der Waals surface area contributed by atoms with Gasteiger partial charge in [0.2, 0.25) is 5.75 Å². The number of rotatable bonds is 4. The molecule has 16 heavy (non-hydrogen) atoms. The van der Waals surface area contributed by atoms with Crippen molar-refractivity contribution < 1.29 is 19.1 Å². The van der Waals surface area contributed by atoms with Gasteiger partial charge >= 0.3 is 5.69 Å². The summed E-state index contributed by atoms with van der Waals surface area (Å²) in [7, 11) is 2.82. The van der Waals surface area contributed by atoms with Crippen molar-refractivity contribution in [3.8, 4) is 11.5 Å². The first kappa shape index (κ1) is 10.7. The van der Waals surface area contributed by atoms with Crippen LogP contribution in [0.4, 0.5) is 5.69 Å². The number of benzene rings is 1. The number of methoxy groups -OCH3 is 2. The summed E-state index contributed by atoms with van der Waals surface area (Å²) >= 11 is 0. The lowest BCUT2D eigenvalue weighted by molar-refractivity contribution is -0.385. The molecule has 0 radical (unpaired) electrons. The van der Waals surface area contributed by atoms with Crippen molar-refractivity contribution in [2.24, 2.45) is 0 Å². The van der Waals surface area contributed by atoms with Gasteiger partial charge in [0.05, 0.1) is 25.7 Å². The number of hydrogen-bond acceptors (Lipinski definition) is 5. The minimum absolute atomic E-state index is 0.0569. The molecular weight excluding hydrogens is 214 g/mol. The molecule has 0 aliphatic carbocycles. The summed E-state index contributed by atoms with van der Waals surface area (Å²) in [6.07, 6.45) is -0.0569. The Kier molecular flexibility index (Phi) is 2.66. The molecule has 86 valence electrons. The lowest BCUT2D eigenvalue weighted by Gasteiger charge is -2.09. The number of nitro benzene ring substituents is 1. The van der Waals surface area contributed by atoms with Crippen LogP contribution in [0.2, 0.25) is 0 Å². The maximum atomic E-state index is 10.9. The Morgan fingerprint density at radius 2 is 2.12 bits per heavy atom. The van der Waals surface area contributed by atoms with Crippen molar-refractivity contribution in [3.63, 3.8) is 0 Å². The molecule has 1 fully saturated rings. The normalized spacial score (nSPS) is 18.0. The summed E-state index contributed by atoms with van der Waals surface area (Å²) in [5.41, 5.74) is 0.636. The van der Waals surface area contributed by atoms with Gasteiger partial charge in [-0.25, -0.2) is 0 Å². The molecule has 1 aliphatic rings. The highest BCUT2D eigenvalue weighted by molar-refractivity contribution is 5.58. The monoisotopic (exact) mass is 225 g/mol. The zero-order chi connectivity index (χ0) is 11.7. The van der Waals surface area contributed by atoms with E-state index in [1.54, 1.807) is 6.07 Å². The molecule has 1 unspecified atom stereocenters. The third-order valence-corrected chi connectivity index (χ3v) is 2.38. The fourth-order valence-corrected chi connectivity index (χ4v) is 1.53.